The van der Waals surface area contributed by atoms with E-state index in [1.165, 1.54) is 6.07 Å². The van der Waals surface area contributed by atoms with E-state index in [0.717, 1.165) is 27.3 Å². The molecule has 0 bridgehead atoms. The van der Waals surface area contributed by atoms with E-state index in [-0.39, 0.29) is 12.3 Å². The van der Waals surface area contributed by atoms with Crippen LogP contribution in [0.15, 0.2) is 75.9 Å². The molecule has 0 aliphatic rings. The van der Waals surface area contributed by atoms with Crippen molar-refractivity contribution in [3.05, 3.63) is 88.3 Å². The van der Waals surface area contributed by atoms with Gasteiger partial charge >= 0.3 is 5.63 Å². The van der Waals surface area contributed by atoms with Gasteiger partial charge in [-0.25, -0.2) is 4.79 Å². The fraction of sp³-hybridized carbons (Fsp3) is 0.0909. The third-order valence-electron chi connectivity index (χ3n) is 4.41. The number of carbonyl (C=O) groups excluding carboxylic acids is 1. The van der Waals surface area contributed by atoms with Crippen molar-refractivity contribution in [2.24, 2.45) is 0 Å². The second kappa shape index (κ2) is 6.48. The number of hydrogen-bond acceptors (Lipinski definition) is 3. The van der Waals surface area contributed by atoms with Crippen LogP contribution in [0.4, 0.5) is 5.69 Å². The summed E-state index contributed by atoms with van der Waals surface area (Å²) < 4.78 is 5.22. The Labute approximate surface area is 150 Å². The van der Waals surface area contributed by atoms with Crippen LogP contribution in [0, 0.1) is 6.92 Å². The predicted octanol–water partition coefficient (Wildman–Crippen LogP) is 4.44. The predicted molar refractivity (Wildman–Crippen MR) is 104 cm³/mol. The van der Waals surface area contributed by atoms with E-state index < -0.39 is 5.63 Å². The van der Waals surface area contributed by atoms with Gasteiger partial charge in [-0.15, -0.1) is 0 Å². The van der Waals surface area contributed by atoms with Gasteiger partial charge in [0.25, 0.3) is 0 Å². The average molecular weight is 343 g/mol. The van der Waals surface area contributed by atoms with Gasteiger partial charge in [0.2, 0.25) is 5.91 Å². The van der Waals surface area contributed by atoms with E-state index in [0.29, 0.717) is 11.3 Å². The first-order valence-corrected chi connectivity index (χ1v) is 8.40. The molecule has 4 aromatic rings. The molecule has 0 saturated heterocycles. The maximum Gasteiger partial charge on any atom is 0.336 e. The van der Waals surface area contributed by atoms with Crippen LogP contribution in [-0.2, 0) is 11.2 Å². The van der Waals surface area contributed by atoms with E-state index in [1.807, 2.05) is 61.5 Å². The van der Waals surface area contributed by atoms with Crippen molar-refractivity contribution in [1.29, 1.82) is 0 Å². The molecule has 3 aromatic carbocycles. The summed E-state index contributed by atoms with van der Waals surface area (Å²) in [6.45, 7) is 1.86. The number of fused-ring (bicyclic) bond motifs is 2. The molecular weight excluding hydrogens is 326 g/mol. The number of hydrogen-bond donors (Lipinski definition) is 1. The summed E-state index contributed by atoms with van der Waals surface area (Å²) in [4.78, 5) is 23.9. The number of benzene rings is 3. The van der Waals surface area contributed by atoms with Gasteiger partial charge in [-0.1, -0.05) is 42.5 Å². The van der Waals surface area contributed by atoms with Crippen LogP contribution in [0.1, 0.15) is 11.1 Å². The second-order valence-electron chi connectivity index (χ2n) is 6.37. The van der Waals surface area contributed by atoms with E-state index in [2.05, 4.69) is 5.32 Å². The van der Waals surface area contributed by atoms with Gasteiger partial charge in [0, 0.05) is 23.2 Å². The normalized spacial score (nSPS) is 11.0. The molecule has 0 radical (unpaired) electrons. The zero-order chi connectivity index (χ0) is 18.1. The number of aryl methyl sites for hydroxylation is 1. The molecule has 1 aromatic heterocycles. The lowest BCUT2D eigenvalue weighted by molar-refractivity contribution is -0.115. The number of nitrogens with one attached hydrogen (secondary N) is 1. The van der Waals surface area contributed by atoms with Crippen LogP contribution < -0.4 is 10.9 Å². The molecular formula is C22H17NO3. The van der Waals surface area contributed by atoms with E-state index in [9.17, 15) is 9.59 Å². The van der Waals surface area contributed by atoms with Crippen molar-refractivity contribution in [1.82, 2.24) is 0 Å². The van der Waals surface area contributed by atoms with Crippen LogP contribution in [0.3, 0.4) is 0 Å². The lowest BCUT2D eigenvalue weighted by atomic mass is 10.0. The van der Waals surface area contributed by atoms with Gasteiger partial charge < -0.3 is 9.73 Å². The second-order valence-corrected chi connectivity index (χ2v) is 6.37. The monoisotopic (exact) mass is 343 g/mol. The highest BCUT2D eigenvalue weighted by Gasteiger charge is 2.08. The van der Waals surface area contributed by atoms with Crippen molar-refractivity contribution in [3.8, 4) is 0 Å². The van der Waals surface area contributed by atoms with Gasteiger partial charge in [0.15, 0.2) is 0 Å². The van der Waals surface area contributed by atoms with Gasteiger partial charge in [0.1, 0.15) is 5.58 Å². The van der Waals surface area contributed by atoms with E-state index in [1.54, 1.807) is 6.07 Å². The van der Waals surface area contributed by atoms with Gasteiger partial charge in [0.05, 0.1) is 6.42 Å². The average Bonchev–Trinajstić information content (AvgIpc) is 2.61. The minimum atomic E-state index is -0.394. The molecule has 0 saturated carbocycles. The highest BCUT2D eigenvalue weighted by Crippen LogP contribution is 2.21. The molecule has 0 unspecified atom stereocenters. The van der Waals surface area contributed by atoms with Crippen LogP contribution in [0.2, 0.25) is 0 Å². The Morgan fingerprint density at radius 3 is 2.62 bits per heavy atom. The molecule has 0 atom stereocenters. The fourth-order valence-corrected chi connectivity index (χ4v) is 3.14. The van der Waals surface area contributed by atoms with Crippen molar-refractivity contribution < 1.29 is 9.21 Å². The quantitative estimate of drug-likeness (QED) is 0.560. The lowest BCUT2D eigenvalue weighted by Crippen LogP contribution is -2.14. The Kier molecular flexibility index (Phi) is 4.01. The first-order valence-electron chi connectivity index (χ1n) is 8.40. The molecule has 4 heteroatoms. The topological polar surface area (TPSA) is 59.3 Å². The van der Waals surface area contributed by atoms with Gasteiger partial charge in [-0.05, 0) is 41.0 Å². The molecule has 1 heterocycles. The summed E-state index contributed by atoms with van der Waals surface area (Å²) in [5.41, 5.74) is 2.49. The van der Waals surface area contributed by atoms with Gasteiger partial charge in [-0.3, -0.25) is 4.79 Å². The molecule has 4 rings (SSSR count). The zero-order valence-corrected chi connectivity index (χ0v) is 14.3. The smallest absolute Gasteiger partial charge is 0.336 e. The maximum atomic E-state index is 12.4. The van der Waals surface area contributed by atoms with Crippen LogP contribution in [0.25, 0.3) is 21.7 Å². The molecule has 26 heavy (non-hydrogen) atoms. The van der Waals surface area contributed by atoms with Crippen LogP contribution >= 0.6 is 0 Å². The Hall–Kier alpha value is -3.40. The Morgan fingerprint density at radius 1 is 0.962 bits per heavy atom. The molecule has 1 amide bonds. The summed E-state index contributed by atoms with van der Waals surface area (Å²) >= 11 is 0. The first kappa shape index (κ1) is 16.1. The molecule has 0 aliphatic heterocycles. The molecule has 0 spiro atoms. The minimum absolute atomic E-state index is 0.116. The summed E-state index contributed by atoms with van der Waals surface area (Å²) in [6.07, 6.45) is 0.278. The van der Waals surface area contributed by atoms with Crippen molar-refractivity contribution >= 4 is 33.3 Å². The minimum Gasteiger partial charge on any atom is -0.423 e. The van der Waals surface area contributed by atoms with Crippen molar-refractivity contribution in [2.45, 2.75) is 13.3 Å². The SMILES string of the molecule is Cc1cc(=O)oc2cc(NC(=O)Cc3ccc4ccccc4c3)ccc12. The summed E-state index contributed by atoms with van der Waals surface area (Å²) in [5.74, 6) is -0.116. The highest BCUT2D eigenvalue weighted by molar-refractivity contribution is 5.95. The number of anilines is 1. The lowest BCUT2D eigenvalue weighted by Gasteiger charge is -2.08. The fourth-order valence-electron chi connectivity index (χ4n) is 3.14. The largest absolute Gasteiger partial charge is 0.423 e. The number of rotatable bonds is 3. The maximum absolute atomic E-state index is 12.4. The highest BCUT2D eigenvalue weighted by atomic mass is 16.4. The molecule has 128 valence electrons. The summed E-state index contributed by atoms with van der Waals surface area (Å²) in [7, 11) is 0. The van der Waals surface area contributed by atoms with Crippen LogP contribution in [-0.4, -0.2) is 5.91 Å². The standard InChI is InChI=1S/C22H17NO3/c1-14-10-22(25)26-20-13-18(8-9-19(14)20)23-21(24)12-15-6-7-16-4-2-3-5-17(16)11-15/h2-11,13H,12H2,1H3,(H,23,24). The molecule has 0 fully saturated rings. The number of amides is 1. The molecule has 0 aliphatic carbocycles. The third kappa shape index (κ3) is 3.22. The molecule has 1 N–H and O–H groups in total. The third-order valence-corrected chi connectivity index (χ3v) is 4.41. The summed E-state index contributed by atoms with van der Waals surface area (Å²) in [6, 6.07) is 20.9. The van der Waals surface area contributed by atoms with Crippen molar-refractivity contribution in [3.63, 3.8) is 0 Å². The first-order chi connectivity index (χ1) is 12.6. The summed E-state index contributed by atoms with van der Waals surface area (Å²) in [5, 5.41) is 5.99. The van der Waals surface area contributed by atoms with E-state index >= 15 is 0 Å². The van der Waals surface area contributed by atoms with Gasteiger partial charge in [-0.2, -0.15) is 0 Å². The van der Waals surface area contributed by atoms with Crippen molar-refractivity contribution in [2.75, 3.05) is 5.32 Å². The molecule has 4 nitrogen and oxygen atoms in total. The number of carbonyl (C=O) groups is 1. The Morgan fingerprint density at radius 2 is 1.77 bits per heavy atom. The van der Waals surface area contributed by atoms with Crippen LogP contribution in [0.5, 0.6) is 0 Å². The zero-order valence-electron chi connectivity index (χ0n) is 14.3. The Bertz CT molecular complexity index is 1190. The van der Waals surface area contributed by atoms with E-state index in [4.69, 9.17) is 4.42 Å². The Balaban J connectivity index is 1.55.